The minimum atomic E-state index is -1.37. The van der Waals surface area contributed by atoms with Crippen molar-refractivity contribution >= 4 is 18.1 Å². The fourth-order valence-electron chi connectivity index (χ4n) is 4.25. The van der Waals surface area contributed by atoms with E-state index < -0.39 is 11.6 Å². The first-order chi connectivity index (χ1) is 15.0. The molecule has 0 unspecified atom stereocenters. The van der Waals surface area contributed by atoms with Gasteiger partial charge in [0.25, 0.3) is 0 Å². The van der Waals surface area contributed by atoms with E-state index in [1.54, 1.807) is 30.3 Å². The van der Waals surface area contributed by atoms with Crippen molar-refractivity contribution in [1.29, 1.82) is 0 Å². The van der Waals surface area contributed by atoms with Crippen molar-refractivity contribution in [2.45, 2.75) is 5.60 Å². The highest BCUT2D eigenvalue weighted by Crippen LogP contribution is 2.57. The largest absolute Gasteiger partial charge is 0.508 e. The molecule has 3 aromatic carbocycles. The molecule has 0 aliphatic carbocycles. The Hall–Kier alpha value is -4.04. The number of hydrogen-bond acceptors (Lipinski definition) is 7. The van der Waals surface area contributed by atoms with Crippen LogP contribution >= 0.6 is 0 Å². The summed E-state index contributed by atoms with van der Waals surface area (Å²) in [6.07, 6.45) is 0.681. The maximum atomic E-state index is 12.9. The predicted octanol–water partition coefficient (Wildman–Crippen LogP) is 2.59. The number of phenolic OH excluding ortho intramolecular Hbond substituents is 2. The molecule has 0 bridgehead atoms. The Morgan fingerprint density at radius 1 is 0.935 bits per heavy atom. The molecule has 0 aromatic heterocycles. The molecular weight excluding hydrogens is 400 g/mol. The standard InChI is InChI=1S/C23H18N2O6/c24-7-8-25(12-26)13-1-4-16-19(9-13)23(31-22(16)29)17-5-2-14(27)10-20(17)30-21-11-15(28)3-6-18(21)23/h1-6,9-12,27-28H,7-8,24H2. The highest BCUT2D eigenvalue weighted by atomic mass is 16.6. The van der Waals surface area contributed by atoms with Gasteiger partial charge in [-0.3, -0.25) is 4.79 Å². The number of aromatic hydroxyl groups is 2. The van der Waals surface area contributed by atoms with Crippen molar-refractivity contribution in [2.75, 3.05) is 18.0 Å². The van der Waals surface area contributed by atoms with E-state index in [1.165, 1.54) is 29.2 Å². The van der Waals surface area contributed by atoms with Crippen LogP contribution in [0.3, 0.4) is 0 Å². The lowest BCUT2D eigenvalue weighted by molar-refractivity contribution is -0.107. The van der Waals surface area contributed by atoms with Gasteiger partial charge in [0.2, 0.25) is 6.41 Å². The van der Waals surface area contributed by atoms with Crippen LogP contribution in [0, 0.1) is 0 Å². The number of nitrogens with zero attached hydrogens (tertiary/aromatic N) is 1. The molecule has 5 rings (SSSR count). The van der Waals surface area contributed by atoms with Gasteiger partial charge in [-0.15, -0.1) is 0 Å². The minimum absolute atomic E-state index is 0.0223. The van der Waals surface area contributed by atoms with Gasteiger partial charge >= 0.3 is 5.97 Å². The second-order valence-corrected chi connectivity index (χ2v) is 7.35. The van der Waals surface area contributed by atoms with Crippen molar-refractivity contribution in [3.8, 4) is 23.0 Å². The van der Waals surface area contributed by atoms with Gasteiger partial charge in [-0.2, -0.15) is 0 Å². The molecule has 0 atom stereocenters. The second-order valence-electron chi connectivity index (χ2n) is 7.35. The van der Waals surface area contributed by atoms with Crippen LogP contribution in [-0.2, 0) is 15.1 Å². The number of carbonyl (C=O) groups excluding carboxylic acids is 2. The third-order valence-corrected chi connectivity index (χ3v) is 5.59. The Kier molecular flexibility index (Phi) is 4.13. The van der Waals surface area contributed by atoms with E-state index in [4.69, 9.17) is 15.2 Å². The van der Waals surface area contributed by atoms with Crippen LogP contribution in [0.5, 0.6) is 23.0 Å². The van der Waals surface area contributed by atoms with E-state index in [0.717, 1.165) is 0 Å². The minimum Gasteiger partial charge on any atom is -0.508 e. The number of nitrogens with two attached hydrogens (primary N) is 1. The van der Waals surface area contributed by atoms with E-state index in [0.29, 0.717) is 52.4 Å². The summed E-state index contributed by atoms with van der Waals surface area (Å²) in [5.41, 5.74) is 6.73. The lowest BCUT2D eigenvalue weighted by atomic mass is 9.77. The second kappa shape index (κ2) is 6.75. The van der Waals surface area contributed by atoms with Gasteiger partial charge in [-0.25, -0.2) is 4.79 Å². The van der Waals surface area contributed by atoms with E-state index in [2.05, 4.69) is 0 Å². The van der Waals surface area contributed by atoms with Crippen molar-refractivity contribution in [3.63, 3.8) is 0 Å². The number of esters is 1. The number of hydrogen-bond donors (Lipinski definition) is 3. The summed E-state index contributed by atoms with van der Waals surface area (Å²) in [6.45, 7) is 0.580. The Balaban J connectivity index is 1.82. The van der Waals surface area contributed by atoms with Gasteiger partial charge < -0.3 is 30.3 Å². The van der Waals surface area contributed by atoms with Crippen molar-refractivity contribution < 1.29 is 29.3 Å². The molecule has 4 N–H and O–H groups in total. The average Bonchev–Trinajstić information content (AvgIpc) is 3.04. The highest BCUT2D eigenvalue weighted by Gasteiger charge is 2.53. The van der Waals surface area contributed by atoms with Crippen LogP contribution in [0.15, 0.2) is 54.6 Å². The summed E-state index contributed by atoms with van der Waals surface area (Å²) in [4.78, 5) is 25.9. The molecule has 0 saturated carbocycles. The first-order valence-corrected chi connectivity index (χ1v) is 9.62. The van der Waals surface area contributed by atoms with Crippen molar-refractivity contribution in [1.82, 2.24) is 0 Å². The number of fused-ring (bicyclic) bond motifs is 6. The Bertz CT molecular complexity index is 1190. The number of anilines is 1. The molecular formula is C23H18N2O6. The van der Waals surface area contributed by atoms with Gasteiger partial charge in [0.15, 0.2) is 5.60 Å². The molecule has 2 aliphatic heterocycles. The molecule has 8 nitrogen and oxygen atoms in total. The molecule has 1 spiro atoms. The predicted molar refractivity (Wildman–Crippen MR) is 110 cm³/mol. The number of ether oxygens (including phenoxy) is 2. The molecule has 0 saturated heterocycles. The Labute approximate surface area is 177 Å². The molecule has 0 radical (unpaired) electrons. The van der Waals surface area contributed by atoms with E-state index in [9.17, 15) is 19.8 Å². The first-order valence-electron chi connectivity index (χ1n) is 9.62. The van der Waals surface area contributed by atoms with Crippen LogP contribution in [0.2, 0.25) is 0 Å². The van der Waals surface area contributed by atoms with Gasteiger partial charge in [-0.1, -0.05) is 0 Å². The van der Waals surface area contributed by atoms with E-state index in [1.807, 2.05) is 0 Å². The average molecular weight is 418 g/mol. The molecule has 2 aliphatic rings. The Morgan fingerprint density at radius 2 is 1.58 bits per heavy atom. The summed E-state index contributed by atoms with van der Waals surface area (Å²) in [5.74, 6) is 0.00596. The molecule has 3 aromatic rings. The molecule has 156 valence electrons. The lowest BCUT2D eigenvalue weighted by Gasteiger charge is -2.36. The SMILES string of the molecule is NCCN(C=O)c1ccc2c(c1)C1(OC2=O)c2ccc(O)cc2Oc2cc(O)ccc21. The summed E-state index contributed by atoms with van der Waals surface area (Å²) in [7, 11) is 0. The summed E-state index contributed by atoms with van der Waals surface area (Å²) >= 11 is 0. The number of amides is 1. The summed E-state index contributed by atoms with van der Waals surface area (Å²) in [6, 6.07) is 14.1. The lowest BCUT2D eigenvalue weighted by Crippen LogP contribution is -2.33. The van der Waals surface area contributed by atoms with Gasteiger partial charge in [0, 0.05) is 47.6 Å². The summed E-state index contributed by atoms with van der Waals surface area (Å²) < 4.78 is 11.9. The molecule has 31 heavy (non-hydrogen) atoms. The van der Waals surface area contributed by atoms with Crippen molar-refractivity contribution in [2.24, 2.45) is 5.73 Å². The maximum absolute atomic E-state index is 12.9. The van der Waals surface area contributed by atoms with Gasteiger partial charge in [0.1, 0.15) is 23.0 Å². The topological polar surface area (TPSA) is 122 Å². The quantitative estimate of drug-likeness (QED) is 0.440. The molecule has 1 amide bonds. The van der Waals surface area contributed by atoms with Crippen LogP contribution in [-0.4, -0.2) is 35.7 Å². The third-order valence-electron chi connectivity index (χ3n) is 5.59. The number of phenols is 2. The van der Waals surface area contributed by atoms with Crippen molar-refractivity contribution in [3.05, 3.63) is 76.9 Å². The monoisotopic (exact) mass is 418 g/mol. The van der Waals surface area contributed by atoms with Gasteiger partial charge in [0.05, 0.1) is 5.56 Å². The fourth-order valence-corrected chi connectivity index (χ4v) is 4.25. The van der Waals surface area contributed by atoms with Crippen LogP contribution in [0.25, 0.3) is 0 Å². The van der Waals surface area contributed by atoms with Crippen LogP contribution in [0.1, 0.15) is 27.0 Å². The Morgan fingerprint density at radius 3 is 2.16 bits per heavy atom. The maximum Gasteiger partial charge on any atom is 0.340 e. The molecule has 0 fully saturated rings. The number of carbonyl (C=O) groups is 2. The number of rotatable bonds is 4. The first kappa shape index (κ1) is 19.0. The van der Waals surface area contributed by atoms with E-state index in [-0.39, 0.29) is 18.0 Å². The van der Waals surface area contributed by atoms with Crippen LogP contribution < -0.4 is 15.4 Å². The third kappa shape index (κ3) is 2.65. The number of benzene rings is 3. The highest BCUT2D eigenvalue weighted by molar-refractivity contribution is 5.98. The normalized spacial score (nSPS) is 14.8. The molecule has 8 heteroatoms. The molecule has 2 heterocycles. The van der Waals surface area contributed by atoms with Gasteiger partial charge in [-0.05, 0) is 42.5 Å². The summed E-state index contributed by atoms with van der Waals surface area (Å²) in [5, 5.41) is 20.0. The zero-order chi connectivity index (χ0) is 21.8. The zero-order valence-electron chi connectivity index (χ0n) is 16.2. The van der Waals surface area contributed by atoms with Crippen LogP contribution in [0.4, 0.5) is 5.69 Å². The fraction of sp³-hybridized carbons (Fsp3) is 0.130. The smallest absolute Gasteiger partial charge is 0.340 e. The zero-order valence-corrected chi connectivity index (χ0v) is 16.2. The van der Waals surface area contributed by atoms with E-state index >= 15 is 0 Å².